The van der Waals surface area contributed by atoms with Gasteiger partial charge in [0.15, 0.2) is 15.1 Å². The monoisotopic (exact) mass is 484 g/mol. The van der Waals surface area contributed by atoms with Crippen molar-refractivity contribution >= 4 is 43.3 Å². The van der Waals surface area contributed by atoms with Gasteiger partial charge in [0, 0.05) is 23.5 Å². The van der Waals surface area contributed by atoms with Gasteiger partial charge < -0.3 is 10.1 Å². The number of nitrogens with zero attached hydrogens (tertiary/aromatic N) is 1. The molecule has 0 aliphatic heterocycles. The highest BCUT2D eigenvalue weighted by Gasteiger charge is 2.43. The molecular weight excluding hydrogens is 468 g/mol. The van der Waals surface area contributed by atoms with Crippen LogP contribution in [0.2, 0.25) is 0 Å². The molecule has 2 aromatic rings. The van der Waals surface area contributed by atoms with Crippen LogP contribution in [0.3, 0.4) is 0 Å². The van der Waals surface area contributed by atoms with Gasteiger partial charge in [0.25, 0.3) is 5.69 Å². The summed E-state index contributed by atoms with van der Waals surface area (Å²) >= 11 is 3.27. The molecular formula is C18H17BrN2O7S. The van der Waals surface area contributed by atoms with Gasteiger partial charge in [-0.25, -0.2) is 8.42 Å². The molecule has 0 saturated heterocycles. The van der Waals surface area contributed by atoms with E-state index in [1.165, 1.54) is 6.92 Å². The lowest BCUT2D eigenvalue weighted by Crippen LogP contribution is -2.44. The predicted octanol–water partition coefficient (Wildman–Crippen LogP) is 2.55. The van der Waals surface area contributed by atoms with Crippen molar-refractivity contribution in [3.63, 3.8) is 0 Å². The summed E-state index contributed by atoms with van der Waals surface area (Å²) in [7, 11) is -3.35. The van der Waals surface area contributed by atoms with Crippen LogP contribution in [0.4, 0.5) is 5.69 Å². The molecule has 1 amide bonds. The number of methoxy groups -OCH3 is 1. The van der Waals surface area contributed by atoms with Crippen molar-refractivity contribution in [1.82, 2.24) is 5.32 Å². The SMILES string of the molecule is COC(=O)C([C@H](NC(C)=O)c1ccc(Br)cc1)S(=O)(=O)c1ccc([N+](=O)[O-])cc1. The molecule has 11 heteroatoms. The van der Waals surface area contributed by atoms with Crippen molar-refractivity contribution in [2.24, 2.45) is 0 Å². The molecule has 0 heterocycles. The summed E-state index contributed by atoms with van der Waals surface area (Å²) in [6.07, 6.45) is 0. The Hall–Kier alpha value is -2.79. The number of nitrogens with one attached hydrogen (secondary N) is 1. The lowest BCUT2D eigenvalue weighted by Gasteiger charge is -2.26. The zero-order valence-corrected chi connectivity index (χ0v) is 17.8. The van der Waals surface area contributed by atoms with E-state index in [1.54, 1.807) is 24.3 Å². The Bertz CT molecular complexity index is 1020. The topological polar surface area (TPSA) is 133 Å². The standard InChI is InChI=1S/C18H17BrN2O7S/c1-11(22)20-16(12-3-5-13(19)6-4-12)17(18(23)28-2)29(26,27)15-9-7-14(8-10-15)21(24)25/h3-10,16-17H,1-2H3,(H,20,22)/t16-,17?/m1/s1. The van der Waals surface area contributed by atoms with Gasteiger partial charge in [-0.15, -0.1) is 0 Å². The van der Waals surface area contributed by atoms with Crippen LogP contribution in [-0.4, -0.2) is 37.6 Å². The Morgan fingerprint density at radius 3 is 2.10 bits per heavy atom. The number of nitro groups is 1. The number of hydrogen-bond donors (Lipinski definition) is 1. The molecule has 0 saturated carbocycles. The molecule has 154 valence electrons. The van der Waals surface area contributed by atoms with Crippen molar-refractivity contribution in [2.75, 3.05) is 7.11 Å². The molecule has 2 rings (SSSR count). The van der Waals surface area contributed by atoms with Crippen LogP contribution in [0.5, 0.6) is 0 Å². The van der Waals surface area contributed by atoms with Crippen molar-refractivity contribution in [3.05, 3.63) is 68.7 Å². The number of amides is 1. The average Bonchev–Trinajstić information content (AvgIpc) is 2.67. The summed E-state index contributed by atoms with van der Waals surface area (Å²) in [4.78, 5) is 34.1. The lowest BCUT2D eigenvalue weighted by molar-refractivity contribution is -0.384. The highest BCUT2D eigenvalue weighted by Crippen LogP contribution is 2.30. The molecule has 0 aliphatic rings. The summed E-state index contributed by atoms with van der Waals surface area (Å²) < 4.78 is 31.9. The molecule has 1 unspecified atom stereocenters. The second-order valence-electron chi connectivity index (χ2n) is 5.97. The van der Waals surface area contributed by atoms with Gasteiger partial charge in [0.1, 0.15) is 0 Å². The van der Waals surface area contributed by atoms with Crippen LogP contribution in [-0.2, 0) is 24.2 Å². The third kappa shape index (κ3) is 5.18. The minimum absolute atomic E-state index is 0.301. The van der Waals surface area contributed by atoms with E-state index in [9.17, 15) is 28.1 Å². The van der Waals surface area contributed by atoms with Crippen LogP contribution in [0.25, 0.3) is 0 Å². The van der Waals surface area contributed by atoms with Gasteiger partial charge in [-0.3, -0.25) is 19.7 Å². The van der Waals surface area contributed by atoms with Gasteiger partial charge in [0.2, 0.25) is 5.91 Å². The van der Waals surface area contributed by atoms with Crippen LogP contribution in [0.1, 0.15) is 18.5 Å². The molecule has 0 spiro atoms. The Morgan fingerprint density at radius 2 is 1.66 bits per heavy atom. The van der Waals surface area contributed by atoms with Crippen LogP contribution in [0, 0.1) is 10.1 Å². The smallest absolute Gasteiger partial charge is 0.326 e. The first-order valence-corrected chi connectivity index (χ1v) is 10.5. The Kier molecular flexibility index (Phi) is 7.09. The van der Waals surface area contributed by atoms with Gasteiger partial charge in [0.05, 0.1) is 23.0 Å². The molecule has 9 nitrogen and oxygen atoms in total. The highest BCUT2D eigenvalue weighted by molar-refractivity contribution is 9.10. The van der Waals surface area contributed by atoms with Crippen molar-refractivity contribution in [1.29, 1.82) is 0 Å². The minimum Gasteiger partial charge on any atom is -0.468 e. The number of sulfone groups is 1. The van der Waals surface area contributed by atoms with Crippen LogP contribution >= 0.6 is 15.9 Å². The number of nitro benzene ring substituents is 1. The number of non-ortho nitro benzene ring substituents is 1. The number of carbonyl (C=O) groups excluding carboxylic acids is 2. The number of rotatable bonds is 7. The maximum Gasteiger partial charge on any atom is 0.326 e. The van der Waals surface area contributed by atoms with Crippen LogP contribution < -0.4 is 5.32 Å². The average molecular weight is 485 g/mol. The molecule has 29 heavy (non-hydrogen) atoms. The Labute approximate surface area is 175 Å². The predicted molar refractivity (Wildman–Crippen MR) is 107 cm³/mol. The normalized spacial score (nSPS) is 13.2. The highest BCUT2D eigenvalue weighted by atomic mass is 79.9. The fourth-order valence-corrected chi connectivity index (χ4v) is 4.69. The number of hydrogen-bond acceptors (Lipinski definition) is 7. The molecule has 2 atom stereocenters. The third-order valence-electron chi connectivity index (χ3n) is 4.03. The molecule has 0 aliphatic carbocycles. The number of benzene rings is 2. The van der Waals surface area contributed by atoms with Crippen molar-refractivity contribution in [3.8, 4) is 0 Å². The summed E-state index contributed by atoms with van der Waals surface area (Å²) in [5.41, 5.74) is 0.0641. The molecule has 0 fully saturated rings. The third-order valence-corrected chi connectivity index (χ3v) is 6.63. The second kappa shape index (κ2) is 9.14. The zero-order chi connectivity index (χ0) is 21.8. The second-order valence-corrected chi connectivity index (χ2v) is 8.95. The molecule has 2 aromatic carbocycles. The first-order valence-electron chi connectivity index (χ1n) is 8.16. The number of esters is 1. The quantitative estimate of drug-likeness (QED) is 0.362. The maximum atomic E-state index is 13.2. The van der Waals surface area contributed by atoms with Gasteiger partial charge in [-0.1, -0.05) is 28.1 Å². The van der Waals surface area contributed by atoms with Gasteiger partial charge in [-0.05, 0) is 29.8 Å². The first-order chi connectivity index (χ1) is 13.6. The molecule has 0 radical (unpaired) electrons. The lowest BCUT2D eigenvalue weighted by atomic mass is 10.0. The van der Waals surface area contributed by atoms with E-state index in [0.29, 0.717) is 5.56 Å². The molecule has 0 bridgehead atoms. The van der Waals surface area contributed by atoms with Crippen molar-refractivity contribution < 1.29 is 27.7 Å². The van der Waals surface area contributed by atoms with Gasteiger partial charge >= 0.3 is 5.97 Å². The molecule has 1 N–H and O–H groups in total. The largest absolute Gasteiger partial charge is 0.468 e. The van der Waals surface area contributed by atoms with Crippen molar-refractivity contribution in [2.45, 2.75) is 23.1 Å². The first kappa shape index (κ1) is 22.5. The number of halogens is 1. The fraction of sp³-hybridized carbons (Fsp3) is 0.222. The summed E-state index contributed by atoms with van der Waals surface area (Å²) in [6, 6.07) is 9.27. The van der Waals surface area contributed by atoms with E-state index in [4.69, 9.17) is 4.74 Å². The Morgan fingerprint density at radius 1 is 1.10 bits per heavy atom. The van der Waals surface area contributed by atoms with E-state index in [2.05, 4.69) is 21.2 Å². The zero-order valence-electron chi connectivity index (χ0n) is 15.4. The minimum atomic E-state index is -4.38. The molecule has 0 aromatic heterocycles. The Balaban J connectivity index is 2.61. The van der Waals surface area contributed by atoms with Crippen LogP contribution in [0.15, 0.2) is 57.9 Å². The number of carbonyl (C=O) groups is 2. The van der Waals surface area contributed by atoms with E-state index >= 15 is 0 Å². The number of ether oxygens (including phenoxy) is 1. The van der Waals surface area contributed by atoms with E-state index in [1.807, 2.05) is 0 Å². The summed E-state index contributed by atoms with van der Waals surface area (Å²) in [6.45, 7) is 1.19. The van der Waals surface area contributed by atoms with E-state index in [0.717, 1.165) is 35.8 Å². The van der Waals surface area contributed by atoms with E-state index in [-0.39, 0.29) is 10.6 Å². The van der Waals surface area contributed by atoms with E-state index < -0.39 is 37.9 Å². The summed E-state index contributed by atoms with van der Waals surface area (Å²) in [5, 5.41) is 11.5. The van der Waals surface area contributed by atoms with Gasteiger partial charge in [-0.2, -0.15) is 0 Å². The maximum absolute atomic E-state index is 13.2. The summed E-state index contributed by atoms with van der Waals surface area (Å²) in [5.74, 6) is -1.63. The fourth-order valence-electron chi connectivity index (χ4n) is 2.69.